The number of alkyl halides is 6. The summed E-state index contributed by atoms with van der Waals surface area (Å²) < 4.78 is 73.8. The summed E-state index contributed by atoms with van der Waals surface area (Å²) in [6, 6.07) is 8.67. The maximum Gasteiger partial charge on any atom is 0.490 e. The van der Waals surface area contributed by atoms with Crippen LogP contribution in [0, 0.1) is 0 Å². The number of halogens is 6. The molecule has 2 fully saturated rings. The summed E-state index contributed by atoms with van der Waals surface area (Å²) in [6.45, 7) is 16.4. The zero-order valence-electron chi connectivity index (χ0n) is 27.6. The van der Waals surface area contributed by atoms with E-state index in [1.54, 1.807) is 25.2 Å². The van der Waals surface area contributed by atoms with Gasteiger partial charge in [-0.1, -0.05) is 6.07 Å². The van der Waals surface area contributed by atoms with Crippen LogP contribution in [0.15, 0.2) is 30.3 Å². The molecule has 0 aliphatic carbocycles. The van der Waals surface area contributed by atoms with Crippen molar-refractivity contribution in [3.05, 3.63) is 35.9 Å². The van der Waals surface area contributed by atoms with Crippen LogP contribution in [-0.4, -0.2) is 113 Å². The zero-order chi connectivity index (χ0) is 35.8. The van der Waals surface area contributed by atoms with Crippen LogP contribution >= 0.6 is 0 Å². The molecular formula is C31H43F6N9O2. The molecule has 3 aromatic rings. The number of benzene rings is 1. The summed E-state index contributed by atoms with van der Waals surface area (Å²) in [5.74, 6) is -2.28. The van der Waals surface area contributed by atoms with Crippen molar-refractivity contribution in [2.24, 2.45) is 0 Å². The number of anilines is 3. The van der Waals surface area contributed by atoms with Gasteiger partial charge in [-0.15, -0.1) is 0 Å². The van der Waals surface area contributed by atoms with Crippen LogP contribution in [-0.2, 0) is 11.0 Å². The minimum absolute atomic E-state index is 0.000590. The molecule has 0 atom stereocenters. The Kier molecular flexibility index (Phi) is 13.2. The monoisotopic (exact) mass is 687 g/mol. The number of carboxylic acids is 1. The number of nitrogen functional groups attached to an aromatic ring is 1. The second-order valence-electron chi connectivity index (χ2n) is 11.7. The number of pyridine rings is 1. The Morgan fingerprint density at radius 3 is 1.92 bits per heavy atom. The molecule has 2 aromatic heterocycles. The largest absolute Gasteiger partial charge is 0.490 e. The first-order chi connectivity index (χ1) is 22.4. The van der Waals surface area contributed by atoms with Gasteiger partial charge in [-0.2, -0.15) is 36.3 Å². The Morgan fingerprint density at radius 1 is 0.875 bits per heavy atom. The third-order valence-electron chi connectivity index (χ3n) is 7.93. The number of nitrogens with one attached hydrogen (secondary N) is 2. The van der Waals surface area contributed by atoms with E-state index in [9.17, 15) is 26.3 Å². The predicted molar refractivity (Wildman–Crippen MR) is 174 cm³/mol. The highest BCUT2D eigenvalue weighted by molar-refractivity contribution is 5.91. The van der Waals surface area contributed by atoms with E-state index in [1.165, 1.54) is 19.2 Å². The van der Waals surface area contributed by atoms with Crippen LogP contribution in [0.2, 0.25) is 0 Å². The molecular weight excluding hydrogens is 644 g/mol. The van der Waals surface area contributed by atoms with Crippen molar-refractivity contribution >= 4 is 34.5 Å². The Hall–Kier alpha value is -3.96. The van der Waals surface area contributed by atoms with Gasteiger partial charge in [-0.25, -0.2) is 9.78 Å². The van der Waals surface area contributed by atoms with Crippen molar-refractivity contribution in [1.82, 2.24) is 30.1 Å². The number of piperazine rings is 2. The van der Waals surface area contributed by atoms with E-state index in [0.29, 0.717) is 36.0 Å². The molecule has 5 N–H and O–H groups in total. The summed E-state index contributed by atoms with van der Waals surface area (Å²) in [5.41, 5.74) is 6.08. The first-order valence-corrected chi connectivity index (χ1v) is 15.5. The molecule has 2 aliphatic heterocycles. The molecule has 5 rings (SSSR count). The summed E-state index contributed by atoms with van der Waals surface area (Å²) in [6.07, 6.45) is -9.61. The summed E-state index contributed by atoms with van der Waals surface area (Å²) in [5, 5.41) is 14.0. The minimum atomic E-state index is -5.08. The molecule has 17 heteroatoms. The fourth-order valence-corrected chi connectivity index (χ4v) is 5.34. The second kappa shape index (κ2) is 16.4. The molecule has 0 saturated carbocycles. The Labute approximate surface area is 275 Å². The number of nitrogens with two attached hydrogens (primary N) is 1. The van der Waals surface area contributed by atoms with E-state index in [1.807, 2.05) is 4.90 Å². The van der Waals surface area contributed by atoms with Crippen LogP contribution in [0.5, 0.6) is 0 Å². The van der Waals surface area contributed by atoms with Crippen molar-refractivity contribution in [3.8, 4) is 11.3 Å². The highest BCUT2D eigenvalue weighted by Gasteiger charge is 2.38. The lowest BCUT2D eigenvalue weighted by atomic mass is 9.99. The zero-order valence-corrected chi connectivity index (χ0v) is 27.6. The molecule has 48 heavy (non-hydrogen) atoms. The van der Waals surface area contributed by atoms with Crippen LogP contribution in [0.4, 0.5) is 43.8 Å². The lowest BCUT2D eigenvalue weighted by molar-refractivity contribution is -0.192. The van der Waals surface area contributed by atoms with E-state index in [-0.39, 0.29) is 22.9 Å². The van der Waals surface area contributed by atoms with Gasteiger partial charge in [0.25, 0.3) is 0 Å². The molecule has 4 heterocycles. The number of aliphatic carboxylic acids is 1. The van der Waals surface area contributed by atoms with Gasteiger partial charge >= 0.3 is 18.3 Å². The number of hydrogen-bond acceptors (Lipinski definition) is 10. The second-order valence-corrected chi connectivity index (χ2v) is 11.7. The van der Waals surface area contributed by atoms with Gasteiger partial charge < -0.3 is 26.4 Å². The molecule has 266 valence electrons. The molecule has 1 aromatic carbocycles. The maximum atomic E-state index is 14.0. The van der Waals surface area contributed by atoms with E-state index < -0.39 is 23.9 Å². The first kappa shape index (κ1) is 38.5. The molecule has 0 amide bonds. The van der Waals surface area contributed by atoms with Crippen LogP contribution in [0.1, 0.15) is 33.3 Å². The molecule has 0 unspecified atom stereocenters. The van der Waals surface area contributed by atoms with Crippen LogP contribution in [0.25, 0.3) is 22.3 Å². The van der Waals surface area contributed by atoms with Crippen molar-refractivity contribution in [2.45, 2.75) is 52.1 Å². The number of hydrogen-bond donors (Lipinski definition) is 4. The fraction of sp³-hybridized carbons (Fsp3) is 0.548. The van der Waals surface area contributed by atoms with Gasteiger partial charge in [0.2, 0.25) is 5.95 Å². The van der Waals surface area contributed by atoms with Gasteiger partial charge in [-0.05, 0) is 52.0 Å². The van der Waals surface area contributed by atoms with Gasteiger partial charge in [0.1, 0.15) is 5.82 Å². The van der Waals surface area contributed by atoms with Gasteiger partial charge in [0.05, 0.1) is 16.6 Å². The SMILES string of the molecule is CC(C)N1CCNCC1.CNc1nc(N)nc2nc(-c3c(N4CCN(C(C)C)CC4)cccc3C(F)(F)F)ccc12.O=C(O)C(F)(F)F. The molecule has 2 aliphatic rings. The highest BCUT2D eigenvalue weighted by Crippen LogP contribution is 2.42. The number of carboxylic acid groups (broad SMARTS) is 1. The van der Waals surface area contributed by atoms with Gasteiger partial charge in [-0.3, -0.25) is 9.80 Å². The van der Waals surface area contributed by atoms with Crippen molar-refractivity contribution in [1.29, 1.82) is 0 Å². The van der Waals surface area contributed by atoms with Gasteiger partial charge in [0, 0.05) is 82.7 Å². The normalized spacial score (nSPS) is 16.3. The van der Waals surface area contributed by atoms with Crippen molar-refractivity contribution in [3.63, 3.8) is 0 Å². The van der Waals surface area contributed by atoms with E-state index in [2.05, 4.69) is 63.1 Å². The number of aromatic nitrogens is 3. The molecule has 0 bridgehead atoms. The fourth-order valence-electron chi connectivity index (χ4n) is 5.34. The Morgan fingerprint density at radius 2 is 1.44 bits per heavy atom. The Bertz CT molecular complexity index is 1500. The van der Waals surface area contributed by atoms with E-state index in [0.717, 1.165) is 38.3 Å². The predicted octanol–water partition coefficient (Wildman–Crippen LogP) is 4.80. The summed E-state index contributed by atoms with van der Waals surface area (Å²) in [7, 11) is 1.68. The third kappa shape index (κ3) is 10.3. The van der Waals surface area contributed by atoms with Crippen LogP contribution in [0.3, 0.4) is 0 Å². The lowest BCUT2D eigenvalue weighted by Crippen LogP contribution is -2.49. The van der Waals surface area contributed by atoms with E-state index in [4.69, 9.17) is 15.6 Å². The maximum absolute atomic E-state index is 14.0. The topological polar surface area (TPSA) is 136 Å². The van der Waals surface area contributed by atoms with Crippen molar-refractivity contribution in [2.75, 3.05) is 75.4 Å². The lowest BCUT2D eigenvalue weighted by Gasteiger charge is -2.39. The third-order valence-corrected chi connectivity index (χ3v) is 7.93. The smallest absolute Gasteiger partial charge is 0.475 e. The number of fused-ring (bicyclic) bond motifs is 1. The average molecular weight is 688 g/mol. The minimum Gasteiger partial charge on any atom is -0.475 e. The standard InChI is InChI=1S/C22H26F3N7.C7H16N2.C2HF3O2/c1-13(2)31-9-11-32(12-10-31)17-6-4-5-15(22(23,24)25)18(17)16-8-7-14-19(27-3)29-21(26)30-20(14)28-16;1-7(2)9-5-3-8-4-6-9;3-2(4,5)1(6)7/h4-8,13H,9-12H2,1-3H3,(H3,26,27,28,29,30);7-8H,3-6H2,1-2H3;(H,6,7). The van der Waals surface area contributed by atoms with Crippen molar-refractivity contribution < 1.29 is 36.2 Å². The van der Waals surface area contributed by atoms with Gasteiger partial charge in [0.15, 0.2) is 5.65 Å². The van der Waals surface area contributed by atoms with Crippen LogP contribution < -0.4 is 21.3 Å². The number of carbonyl (C=O) groups is 1. The quantitative estimate of drug-likeness (QED) is 0.276. The first-order valence-electron chi connectivity index (χ1n) is 15.5. The molecule has 0 radical (unpaired) electrons. The number of nitrogens with zero attached hydrogens (tertiary/aromatic N) is 6. The Balaban J connectivity index is 0.000000321. The highest BCUT2D eigenvalue weighted by atomic mass is 19.4. The average Bonchev–Trinajstić information content (AvgIpc) is 3.03. The molecule has 0 spiro atoms. The number of rotatable bonds is 5. The molecule has 11 nitrogen and oxygen atoms in total. The van der Waals surface area contributed by atoms with E-state index >= 15 is 0 Å². The summed E-state index contributed by atoms with van der Waals surface area (Å²) in [4.78, 5) is 28.5. The summed E-state index contributed by atoms with van der Waals surface area (Å²) >= 11 is 0. The molecule has 2 saturated heterocycles.